The minimum absolute atomic E-state index is 0.211. The minimum atomic E-state index is -0.211. The second-order valence-electron chi connectivity index (χ2n) is 5.57. The lowest BCUT2D eigenvalue weighted by atomic mass is 9.49. The Balaban J connectivity index is 2.33. The van der Waals surface area contributed by atoms with Crippen molar-refractivity contribution in [1.29, 1.82) is 5.26 Å². The number of rotatable bonds is 3. The van der Waals surface area contributed by atoms with Crippen molar-refractivity contribution in [2.45, 2.75) is 51.9 Å². The molecule has 1 fully saturated rings. The van der Waals surface area contributed by atoms with Crippen molar-refractivity contribution in [3.05, 3.63) is 35.4 Å². The maximum absolute atomic E-state index is 9.59. The Morgan fingerprint density at radius 1 is 1.18 bits per heavy atom. The van der Waals surface area contributed by atoms with Gasteiger partial charge < -0.3 is 0 Å². The number of nitriles is 1. The fourth-order valence-electron chi connectivity index (χ4n) is 3.42. The summed E-state index contributed by atoms with van der Waals surface area (Å²) in [4.78, 5) is 0. The van der Waals surface area contributed by atoms with Gasteiger partial charge >= 0.3 is 0 Å². The van der Waals surface area contributed by atoms with Crippen LogP contribution in [0.15, 0.2) is 24.3 Å². The predicted molar refractivity (Wildman–Crippen MR) is 70.7 cm³/mol. The molecule has 2 rings (SSSR count). The smallest absolute Gasteiger partial charge is 0.0835 e. The molecule has 0 N–H and O–H groups in total. The maximum Gasteiger partial charge on any atom is 0.0835 e. The summed E-state index contributed by atoms with van der Waals surface area (Å²) in [6, 6.07) is 11.0. The van der Waals surface area contributed by atoms with Crippen LogP contribution in [0.4, 0.5) is 0 Å². The largest absolute Gasteiger partial charge is 0.197 e. The molecule has 1 aliphatic rings. The van der Waals surface area contributed by atoms with E-state index in [-0.39, 0.29) is 5.41 Å². The highest BCUT2D eigenvalue weighted by Crippen LogP contribution is 2.59. The number of aryl methyl sites for hydroxylation is 1. The monoisotopic (exact) mass is 227 g/mol. The van der Waals surface area contributed by atoms with Gasteiger partial charge in [0.25, 0.3) is 0 Å². The summed E-state index contributed by atoms with van der Waals surface area (Å²) in [5.41, 5.74) is 2.71. The molecule has 0 bridgehead atoms. The van der Waals surface area contributed by atoms with Crippen molar-refractivity contribution in [3.63, 3.8) is 0 Å². The lowest BCUT2D eigenvalue weighted by Gasteiger charge is -2.53. The van der Waals surface area contributed by atoms with Crippen LogP contribution in [0.2, 0.25) is 0 Å². The normalized spacial score (nSPS) is 20.4. The van der Waals surface area contributed by atoms with Crippen LogP contribution in [-0.2, 0) is 5.41 Å². The minimum Gasteiger partial charge on any atom is -0.197 e. The van der Waals surface area contributed by atoms with E-state index in [1.807, 2.05) is 0 Å². The van der Waals surface area contributed by atoms with Crippen LogP contribution in [0, 0.1) is 23.7 Å². The first-order chi connectivity index (χ1) is 8.11. The third-order valence-electron chi connectivity index (χ3n) is 4.73. The Bertz CT molecular complexity index is 441. The molecule has 1 saturated carbocycles. The van der Waals surface area contributed by atoms with Gasteiger partial charge in [-0.3, -0.25) is 0 Å². The van der Waals surface area contributed by atoms with Gasteiger partial charge in [-0.15, -0.1) is 0 Å². The van der Waals surface area contributed by atoms with Crippen LogP contribution in [-0.4, -0.2) is 0 Å². The fourth-order valence-corrected chi connectivity index (χ4v) is 3.42. The molecule has 0 unspecified atom stereocenters. The number of hydrogen-bond acceptors (Lipinski definition) is 1. The Morgan fingerprint density at radius 3 is 2.24 bits per heavy atom. The van der Waals surface area contributed by atoms with E-state index >= 15 is 0 Å². The maximum atomic E-state index is 9.59. The molecule has 90 valence electrons. The Morgan fingerprint density at radius 2 is 1.76 bits per heavy atom. The van der Waals surface area contributed by atoms with Crippen molar-refractivity contribution in [2.75, 3.05) is 0 Å². The van der Waals surface area contributed by atoms with Crippen molar-refractivity contribution in [1.82, 2.24) is 0 Å². The Hall–Kier alpha value is -1.29. The molecule has 17 heavy (non-hydrogen) atoms. The first-order valence-corrected chi connectivity index (χ1v) is 6.59. The molecule has 1 aromatic rings. The summed E-state index contributed by atoms with van der Waals surface area (Å²) >= 11 is 0. The third-order valence-corrected chi connectivity index (χ3v) is 4.73. The zero-order chi connectivity index (χ0) is 12.5. The standard InChI is InChI=1S/C16H21N/c1-4-15(5-2)10-16(11-15,12-17)14-9-7-6-8-13(14)3/h6-9H,4-5,10-11H2,1-3H3. The van der Waals surface area contributed by atoms with Gasteiger partial charge in [0, 0.05) is 0 Å². The van der Waals surface area contributed by atoms with E-state index in [0.29, 0.717) is 5.41 Å². The lowest BCUT2D eigenvalue weighted by molar-refractivity contribution is 0.0476. The molecule has 0 atom stereocenters. The lowest BCUT2D eigenvalue weighted by Crippen LogP contribution is -2.48. The van der Waals surface area contributed by atoms with Gasteiger partial charge in [0.15, 0.2) is 0 Å². The summed E-state index contributed by atoms with van der Waals surface area (Å²) in [6.45, 7) is 6.62. The van der Waals surface area contributed by atoms with E-state index in [0.717, 1.165) is 12.8 Å². The average molecular weight is 227 g/mol. The molecule has 0 saturated heterocycles. The molecule has 0 amide bonds. The molecule has 0 spiro atoms. The molecule has 0 aromatic heterocycles. The van der Waals surface area contributed by atoms with Gasteiger partial charge in [-0.2, -0.15) is 5.26 Å². The molecule has 1 aliphatic carbocycles. The van der Waals surface area contributed by atoms with E-state index < -0.39 is 0 Å². The van der Waals surface area contributed by atoms with E-state index in [2.05, 4.69) is 51.1 Å². The zero-order valence-electron chi connectivity index (χ0n) is 11.1. The fraction of sp³-hybridized carbons (Fsp3) is 0.562. The highest BCUT2D eigenvalue weighted by atomic mass is 14.6. The van der Waals surface area contributed by atoms with Gasteiger partial charge in [-0.25, -0.2) is 0 Å². The summed E-state index contributed by atoms with van der Waals surface area (Å²) in [7, 11) is 0. The zero-order valence-corrected chi connectivity index (χ0v) is 11.1. The van der Waals surface area contributed by atoms with Gasteiger partial charge in [-0.1, -0.05) is 51.0 Å². The van der Waals surface area contributed by atoms with E-state index in [1.165, 1.54) is 24.0 Å². The van der Waals surface area contributed by atoms with E-state index in [9.17, 15) is 5.26 Å². The molecular weight excluding hydrogens is 206 g/mol. The highest BCUT2D eigenvalue weighted by molar-refractivity contribution is 5.42. The molecule has 0 heterocycles. The predicted octanol–water partition coefficient (Wildman–Crippen LogP) is 4.36. The van der Waals surface area contributed by atoms with Gasteiger partial charge in [-0.05, 0) is 36.3 Å². The van der Waals surface area contributed by atoms with Crippen LogP contribution in [0.5, 0.6) is 0 Å². The van der Waals surface area contributed by atoms with Crippen molar-refractivity contribution < 1.29 is 0 Å². The summed E-state index contributed by atoms with van der Waals surface area (Å²) in [5, 5.41) is 9.59. The Kier molecular flexibility index (Phi) is 3.00. The van der Waals surface area contributed by atoms with Gasteiger partial charge in [0.05, 0.1) is 11.5 Å². The van der Waals surface area contributed by atoms with Crippen LogP contribution >= 0.6 is 0 Å². The Labute approximate surface area is 104 Å². The van der Waals surface area contributed by atoms with E-state index in [1.54, 1.807) is 0 Å². The number of nitrogens with zero attached hydrogens (tertiary/aromatic N) is 1. The first kappa shape index (κ1) is 12.2. The van der Waals surface area contributed by atoms with Gasteiger partial charge in [0.2, 0.25) is 0 Å². The number of hydrogen-bond donors (Lipinski definition) is 0. The number of benzene rings is 1. The SMILES string of the molecule is CCC1(CC)CC(C#N)(c2ccccc2C)C1. The second-order valence-corrected chi connectivity index (χ2v) is 5.57. The topological polar surface area (TPSA) is 23.8 Å². The summed E-state index contributed by atoms with van der Waals surface area (Å²) in [6.07, 6.45) is 4.46. The van der Waals surface area contributed by atoms with Crippen LogP contribution in [0.3, 0.4) is 0 Å². The molecule has 1 nitrogen and oxygen atoms in total. The van der Waals surface area contributed by atoms with Crippen LogP contribution < -0.4 is 0 Å². The molecule has 1 aromatic carbocycles. The molecule has 0 aliphatic heterocycles. The third kappa shape index (κ3) is 1.76. The summed E-state index contributed by atoms with van der Waals surface area (Å²) < 4.78 is 0. The molecular formula is C16H21N. The quantitative estimate of drug-likeness (QED) is 0.752. The molecule has 1 heteroatoms. The first-order valence-electron chi connectivity index (χ1n) is 6.59. The van der Waals surface area contributed by atoms with Crippen molar-refractivity contribution in [2.24, 2.45) is 5.41 Å². The second kappa shape index (κ2) is 4.18. The summed E-state index contributed by atoms with van der Waals surface area (Å²) in [5.74, 6) is 0. The van der Waals surface area contributed by atoms with Crippen molar-refractivity contribution in [3.8, 4) is 6.07 Å². The average Bonchev–Trinajstić information content (AvgIpc) is 2.32. The van der Waals surface area contributed by atoms with Gasteiger partial charge in [0.1, 0.15) is 0 Å². The van der Waals surface area contributed by atoms with E-state index in [4.69, 9.17) is 0 Å². The van der Waals surface area contributed by atoms with Crippen molar-refractivity contribution >= 4 is 0 Å². The van der Waals surface area contributed by atoms with Crippen LogP contribution in [0.1, 0.15) is 50.7 Å². The molecule has 0 radical (unpaired) electrons. The van der Waals surface area contributed by atoms with Crippen LogP contribution in [0.25, 0.3) is 0 Å². The highest BCUT2D eigenvalue weighted by Gasteiger charge is 2.54.